The summed E-state index contributed by atoms with van der Waals surface area (Å²) >= 11 is 0. The summed E-state index contributed by atoms with van der Waals surface area (Å²) in [7, 11) is 0. The van der Waals surface area contributed by atoms with E-state index in [1.54, 1.807) is 6.08 Å². The van der Waals surface area contributed by atoms with Gasteiger partial charge in [0.15, 0.2) is 6.10 Å². The molecule has 0 aliphatic carbocycles. The van der Waals surface area contributed by atoms with Gasteiger partial charge in [-0.05, 0) is 29.3 Å². The predicted octanol–water partition coefficient (Wildman–Crippen LogP) is 1.97. The number of aromatic nitrogens is 1. The normalized spacial score (nSPS) is 18.7. The van der Waals surface area contributed by atoms with Crippen LogP contribution in [0.25, 0.3) is 5.57 Å². The van der Waals surface area contributed by atoms with E-state index in [9.17, 15) is 18.4 Å². The van der Waals surface area contributed by atoms with Crippen molar-refractivity contribution in [2.75, 3.05) is 37.7 Å². The highest BCUT2D eigenvalue weighted by atomic mass is 19.1. The minimum atomic E-state index is -0.821. The maximum atomic E-state index is 14.8. The standard InChI is InChI=1S/C20H19F2N3O6/c21-15-7-13(25-9-14(31-20(25)28)11-29-17-3-6-30-23-17)8-16(22)19(15)12-1-4-24(5-2-12)18(27)10-26/h1,3,6-8,14,26H,2,4-5,9-11H2/t14-/m1/s1. The van der Waals surface area contributed by atoms with Crippen LogP contribution in [0.1, 0.15) is 12.0 Å². The Morgan fingerprint density at radius 1 is 1.32 bits per heavy atom. The van der Waals surface area contributed by atoms with Gasteiger partial charge in [0, 0.05) is 24.7 Å². The van der Waals surface area contributed by atoms with E-state index in [1.165, 1.54) is 17.2 Å². The number of rotatable bonds is 6. The highest BCUT2D eigenvalue weighted by Crippen LogP contribution is 2.32. The second-order valence-corrected chi connectivity index (χ2v) is 7.03. The number of nitrogens with zero attached hydrogens (tertiary/aromatic N) is 3. The van der Waals surface area contributed by atoms with E-state index in [0.29, 0.717) is 5.57 Å². The van der Waals surface area contributed by atoms with Crippen LogP contribution in [0.15, 0.2) is 35.1 Å². The van der Waals surface area contributed by atoms with Gasteiger partial charge in [-0.15, -0.1) is 0 Å². The molecule has 0 radical (unpaired) electrons. The van der Waals surface area contributed by atoms with E-state index in [4.69, 9.17) is 14.6 Å². The molecule has 164 valence electrons. The first-order valence-corrected chi connectivity index (χ1v) is 9.54. The molecule has 2 amide bonds. The number of carbonyl (C=O) groups excluding carboxylic acids is 2. The Bertz CT molecular complexity index is 987. The van der Waals surface area contributed by atoms with Gasteiger partial charge < -0.3 is 24.0 Å². The summed E-state index contributed by atoms with van der Waals surface area (Å²) in [6.45, 7) is -0.153. The lowest BCUT2D eigenvalue weighted by atomic mass is 9.97. The highest BCUT2D eigenvalue weighted by Gasteiger charge is 2.34. The fourth-order valence-corrected chi connectivity index (χ4v) is 3.52. The third-order valence-electron chi connectivity index (χ3n) is 5.06. The van der Waals surface area contributed by atoms with Gasteiger partial charge in [-0.2, -0.15) is 0 Å². The van der Waals surface area contributed by atoms with E-state index >= 15 is 0 Å². The molecule has 2 aliphatic rings. The molecule has 2 aliphatic heterocycles. The molecule has 1 saturated heterocycles. The number of benzene rings is 1. The van der Waals surface area contributed by atoms with Crippen molar-refractivity contribution in [3.63, 3.8) is 0 Å². The van der Waals surface area contributed by atoms with Crippen LogP contribution < -0.4 is 9.64 Å². The molecular weight excluding hydrogens is 416 g/mol. The summed E-state index contributed by atoms with van der Waals surface area (Å²) in [5.41, 5.74) is 0.255. The van der Waals surface area contributed by atoms with Crippen LogP contribution in [0.4, 0.5) is 19.3 Å². The highest BCUT2D eigenvalue weighted by molar-refractivity contribution is 5.90. The summed E-state index contributed by atoms with van der Waals surface area (Å²) in [5.74, 6) is -1.85. The summed E-state index contributed by atoms with van der Waals surface area (Å²) in [6, 6.07) is 3.65. The van der Waals surface area contributed by atoms with Gasteiger partial charge in [-0.3, -0.25) is 9.69 Å². The average molecular weight is 435 g/mol. The van der Waals surface area contributed by atoms with Crippen LogP contribution in [0.2, 0.25) is 0 Å². The van der Waals surface area contributed by atoms with Gasteiger partial charge in [-0.25, -0.2) is 13.6 Å². The first-order chi connectivity index (χ1) is 15.0. The summed E-state index contributed by atoms with van der Waals surface area (Å²) < 4.78 is 44.8. The molecule has 2 aromatic rings. The first-order valence-electron chi connectivity index (χ1n) is 9.54. The summed E-state index contributed by atoms with van der Waals surface area (Å²) in [4.78, 5) is 26.2. The lowest BCUT2D eigenvalue weighted by molar-refractivity contribution is -0.133. The SMILES string of the molecule is O=C(CO)N1CC=C(c2c(F)cc(N3C[C@H](COc4ccon4)OC3=O)cc2F)CC1. The number of ether oxygens (including phenoxy) is 2. The molecule has 4 rings (SSSR count). The van der Waals surface area contributed by atoms with Crippen molar-refractivity contribution in [2.45, 2.75) is 12.5 Å². The van der Waals surface area contributed by atoms with Crippen molar-refractivity contribution in [1.82, 2.24) is 10.1 Å². The predicted molar refractivity (Wildman–Crippen MR) is 102 cm³/mol. The van der Waals surface area contributed by atoms with Crippen molar-refractivity contribution in [3.8, 4) is 5.88 Å². The Hall–Kier alpha value is -3.47. The van der Waals surface area contributed by atoms with E-state index in [1.807, 2.05) is 0 Å². The molecule has 9 nitrogen and oxygen atoms in total. The first kappa shape index (κ1) is 20.8. The zero-order valence-corrected chi connectivity index (χ0v) is 16.3. The second-order valence-electron chi connectivity index (χ2n) is 7.03. The van der Waals surface area contributed by atoms with Crippen LogP contribution in [-0.4, -0.2) is 66.1 Å². The number of hydrogen-bond donors (Lipinski definition) is 1. The number of amides is 2. The van der Waals surface area contributed by atoms with Gasteiger partial charge in [0.25, 0.3) is 5.88 Å². The largest absolute Gasteiger partial charge is 0.471 e. The van der Waals surface area contributed by atoms with Crippen LogP contribution in [0, 0.1) is 11.6 Å². The fraction of sp³-hybridized carbons (Fsp3) is 0.350. The Morgan fingerprint density at radius 3 is 2.71 bits per heavy atom. The number of aliphatic hydroxyl groups excluding tert-OH is 1. The lowest BCUT2D eigenvalue weighted by Gasteiger charge is -2.26. The summed E-state index contributed by atoms with van der Waals surface area (Å²) in [5, 5.41) is 12.5. The van der Waals surface area contributed by atoms with Crippen molar-refractivity contribution < 1.29 is 37.5 Å². The number of halogens is 2. The van der Waals surface area contributed by atoms with E-state index in [0.717, 1.165) is 17.0 Å². The number of carbonyl (C=O) groups is 2. The fourth-order valence-electron chi connectivity index (χ4n) is 3.52. The Morgan fingerprint density at radius 2 is 2.10 bits per heavy atom. The van der Waals surface area contributed by atoms with Gasteiger partial charge in [0.1, 0.15) is 31.1 Å². The second kappa shape index (κ2) is 8.72. The van der Waals surface area contributed by atoms with Crippen molar-refractivity contribution in [1.29, 1.82) is 0 Å². The van der Waals surface area contributed by atoms with Crippen molar-refractivity contribution in [3.05, 3.63) is 47.7 Å². The zero-order chi connectivity index (χ0) is 22.0. The molecule has 1 fully saturated rings. The Kier molecular flexibility index (Phi) is 5.85. The maximum absolute atomic E-state index is 14.8. The minimum absolute atomic E-state index is 0.00771. The van der Waals surface area contributed by atoms with Crippen LogP contribution in [0.3, 0.4) is 0 Å². The van der Waals surface area contributed by atoms with E-state index in [2.05, 4.69) is 9.68 Å². The molecule has 31 heavy (non-hydrogen) atoms. The van der Waals surface area contributed by atoms with Gasteiger partial charge in [-0.1, -0.05) is 6.08 Å². The van der Waals surface area contributed by atoms with Gasteiger partial charge >= 0.3 is 6.09 Å². The molecular formula is C20H19F2N3O6. The Labute approximate surface area is 175 Å². The average Bonchev–Trinajstić information content (AvgIpc) is 3.41. The molecule has 0 unspecified atom stereocenters. The molecule has 3 heterocycles. The number of cyclic esters (lactones) is 1. The molecule has 1 aromatic carbocycles. The van der Waals surface area contributed by atoms with Crippen molar-refractivity contribution in [2.24, 2.45) is 0 Å². The maximum Gasteiger partial charge on any atom is 0.414 e. The topological polar surface area (TPSA) is 105 Å². The number of aliphatic hydroxyl groups is 1. The molecule has 0 spiro atoms. The molecule has 0 saturated carbocycles. The van der Waals surface area contributed by atoms with E-state index in [-0.39, 0.29) is 49.8 Å². The smallest absolute Gasteiger partial charge is 0.414 e. The Balaban J connectivity index is 1.46. The van der Waals surface area contributed by atoms with Crippen LogP contribution >= 0.6 is 0 Å². The van der Waals surface area contributed by atoms with E-state index < -0.39 is 36.3 Å². The third-order valence-corrected chi connectivity index (χ3v) is 5.06. The lowest BCUT2D eigenvalue weighted by Crippen LogP contribution is -2.36. The molecule has 0 bridgehead atoms. The zero-order valence-electron chi connectivity index (χ0n) is 16.3. The van der Waals surface area contributed by atoms with Gasteiger partial charge in [0.05, 0.1) is 12.2 Å². The third kappa shape index (κ3) is 4.36. The quantitative estimate of drug-likeness (QED) is 0.740. The minimum Gasteiger partial charge on any atom is -0.471 e. The molecule has 11 heteroatoms. The van der Waals surface area contributed by atoms with Crippen LogP contribution in [-0.2, 0) is 9.53 Å². The van der Waals surface area contributed by atoms with Crippen molar-refractivity contribution >= 4 is 23.3 Å². The molecule has 1 N–H and O–H groups in total. The van der Waals surface area contributed by atoms with Gasteiger partial charge in [0.2, 0.25) is 5.91 Å². The number of hydrogen-bond acceptors (Lipinski definition) is 7. The number of anilines is 1. The molecule has 1 aromatic heterocycles. The monoisotopic (exact) mass is 435 g/mol. The van der Waals surface area contributed by atoms with Crippen LogP contribution in [0.5, 0.6) is 5.88 Å². The molecule has 1 atom stereocenters. The summed E-state index contributed by atoms with van der Waals surface area (Å²) in [6.07, 6.45) is 1.74.